The van der Waals surface area contributed by atoms with Gasteiger partial charge >= 0.3 is 0 Å². The summed E-state index contributed by atoms with van der Waals surface area (Å²) in [5, 5.41) is 2.89. The van der Waals surface area contributed by atoms with Gasteiger partial charge in [-0.15, -0.1) is 0 Å². The number of hydrogen-bond acceptors (Lipinski definition) is 2. The van der Waals surface area contributed by atoms with E-state index in [0.29, 0.717) is 25.1 Å². The van der Waals surface area contributed by atoms with Crippen LogP contribution in [0, 0.1) is 6.92 Å². The van der Waals surface area contributed by atoms with Crippen molar-refractivity contribution in [2.45, 2.75) is 19.8 Å². The fraction of sp³-hybridized carbons (Fsp3) is 0.263. The molecule has 0 spiro atoms. The SMILES string of the molecule is Cc1cccc(C(=O)NCCN2C(=O)CCc3ccccc32)c1. The zero-order chi connectivity index (χ0) is 16.2. The third-order valence-corrected chi connectivity index (χ3v) is 4.09. The van der Waals surface area contributed by atoms with Gasteiger partial charge in [-0.2, -0.15) is 0 Å². The molecule has 4 heteroatoms. The maximum Gasteiger partial charge on any atom is 0.251 e. The van der Waals surface area contributed by atoms with Crippen molar-refractivity contribution < 1.29 is 9.59 Å². The Kier molecular flexibility index (Phi) is 4.42. The highest BCUT2D eigenvalue weighted by atomic mass is 16.2. The Morgan fingerprint density at radius 2 is 1.96 bits per heavy atom. The maximum atomic E-state index is 12.2. The molecule has 1 heterocycles. The highest BCUT2D eigenvalue weighted by molar-refractivity contribution is 5.97. The summed E-state index contributed by atoms with van der Waals surface area (Å²) in [7, 11) is 0. The van der Waals surface area contributed by atoms with E-state index in [1.165, 1.54) is 5.56 Å². The first-order chi connectivity index (χ1) is 11.1. The number of para-hydroxylation sites is 1. The quantitative estimate of drug-likeness (QED) is 0.944. The lowest BCUT2D eigenvalue weighted by Crippen LogP contribution is -2.41. The Hall–Kier alpha value is -2.62. The molecule has 2 aromatic carbocycles. The van der Waals surface area contributed by atoms with Gasteiger partial charge in [0.05, 0.1) is 0 Å². The standard InChI is InChI=1S/C19H20N2O2/c1-14-5-4-7-16(13-14)19(23)20-11-12-21-17-8-3-2-6-15(17)9-10-18(21)22/h2-8,13H,9-12H2,1H3,(H,20,23). The van der Waals surface area contributed by atoms with Crippen molar-refractivity contribution >= 4 is 17.5 Å². The van der Waals surface area contributed by atoms with Crippen molar-refractivity contribution in [1.82, 2.24) is 5.32 Å². The van der Waals surface area contributed by atoms with Crippen LogP contribution in [0.5, 0.6) is 0 Å². The molecule has 0 bridgehead atoms. The lowest BCUT2D eigenvalue weighted by Gasteiger charge is -2.29. The lowest BCUT2D eigenvalue weighted by molar-refractivity contribution is -0.118. The van der Waals surface area contributed by atoms with Crippen molar-refractivity contribution in [2.24, 2.45) is 0 Å². The summed E-state index contributed by atoms with van der Waals surface area (Å²) in [4.78, 5) is 26.1. The largest absolute Gasteiger partial charge is 0.350 e. The Labute approximate surface area is 136 Å². The Bertz CT molecular complexity index is 740. The first-order valence-electron chi connectivity index (χ1n) is 7.88. The molecule has 0 radical (unpaired) electrons. The van der Waals surface area contributed by atoms with E-state index >= 15 is 0 Å². The number of nitrogens with zero attached hydrogens (tertiary/aromatic N) is 1. The van der Waals surface area contributed by atoms with Gasteiger partial charge in [0.2, 0.25) is 5.91 Å². The molecule has 0 atom stereocenters. The molecule has 2 aromatic rings. The van der Waals surface area contributed by atoms with Gasteiger partial charge in [0.15, 0.2) is 0 Å². The van der Waals surface area contributed by atoms with Gasteiger partial charge in [-0.25, -0.2) is 0 Å². The Morgan fingerprint density at radius 1 is 1.13 bits per heavy atom. The molecule has 1 aliphatic heterocycles. The van der Waals surface area contributed by atoms with Gasteiger partial charge in [-0.3, -0.25) is 9.59 Å². The predicted octanol–water partition coefficient (Wildman–Crippen LogP) is 2.70. The van der Waals surface area contributed by atoms with Crippen LogP contribution in [0.2, 0.25) is 0 Å². The molecule has 118 valence electrons. The number of benzene rings is 2. The Balaban J connectivity index is 1.62. The van der Waals surface area contributed by atoms with E-state index in [0.717, 1.165) is 17.7 Å². The summed E-state index contributed by atoms with van der Waals surface area (Å²) in [5.41, 5.74) is 3.86. The van der Waals surface area contributed by atoms with Crippen molar-refractivity contribution in [3.8, 4) is 0 Å². The van der Waals surface area contributed by atoms with E-state index in [1.54, 1.807) is 11.0 Å². The molecular formula is C19H20N2O2. The third-order valence-electron chi connectivity index (χ3n) is 4.09. The van der Waals surface area contributed by atoms with Crippen LogP contribution >= 0.6 is 0 Å². The Morgan fingerprint density at radius 3 is 2.78 bits per heavy atom. The monoisotopic (exact) mass is 308 g/mol. The molecular weight excluding hydrogens is 288 g/mol. The van der Waals surface area contributed by atoms with Gasteiger partial charge in [0.1, 0.15) is 0 Å². The molecule has 3 rings (SSSR count). The van der Waals surface area contributed by atoms with E-state index in [1.807, 2.05) is 43.3 Å². The number of aryl methyl sites for hydroxylation is 2. The van der Waals surface area contributed by atoms with Crippen molar-refractivity contribution in [1.29, 1.82) is 0 Å². The van der Waals surface area contributed by atoms with Crippen molar-refractivity contribution in [3.05, 3.63) is 65.2 Å². The lowest BCUT2D eigenvalue weighted by atomic mass is 10.0. The van der Waals surface area contributed by atoms with E-state index < -0.39 is 0 Å². The van der Waals surface area contributed by atoms with E-state index in [4.69, 9.17) is 0 Å². The summed E-state index contributed by atoms with van der Waals surface area (Å²) in [6.45, 7) is 2.89. The van der Waals surface area contributed by atoms with E-state index in [9.17, 15) is 9.59 Å². The van der Waals surface area contributed by atoms with Crippen LogP contribution in [0.1, 0.15) is 27.9 Å². The van der Waals surface area contributed by atoms with Crippen LogP contribution in [-0.2, 0) is 11.2 Å². The molecule has 4 nitrogen and oxygen atoms in total. The number of carbonyl (C=O) groups is 2. The van der Waals surface area contributed by atoms with E-state index in [-0.39, 0.29) is 11.8 Å². The van der Waals surface area contributed by atoms with Crippen LogP contribution in [-0.4, -0.2) is 24.9 Å². The first-order valence-corrected chi connectivity index (χ1v) is 7.88. The van der Waals surface area contributed by atoms with Crippen molar-refractivity contribution in [3.63, 3.8) is 0 Å². The van der Waals surface area contributed by atoms with Crippen LogP contribution in [0.25, 0.3) is 0 Å². The van der Waals surface area contributed by atoms with Crippen LogP contribution in [0.4, 0.5) is 5.69 Å². The molecule has 1 N–H and O–H groups in total. The zero-order valence-electron chi connectivity index (χ0n) is 13.2. The molecule has 0 unspecified atom stereocenters. The van der Waals surface area contributed by atoms with Crippen molar-refractivity contribution in [2.75, 3.05) is 18.0 Å². The summed E-state index contributed by atoms with van der Waals surface area (Å²) in [5.74, 6) is 0.0138. The summed E-state index contributed by atoms with van der Waals surface area (Å²) in [6.07, 6.45) is 1.32. The number of amides is 2. The van der Waals surface area contributed by atoms with Gasteiger partial charge < -0.3 is 10.2 Å². The summed E-state index contributed by atoms with van der Waals surface area (Å²) >= 11 is 0. The highest BCUT2D eigenvalue weighted by Crippen LogP contribution is 2.26. The van der Waals surface area contributed by atoms with E-state index in [2.05, 4.69) is 11.4 Å². The van der Waals surface area contributed by atoms with Gasteiger partial charge in [0, 0.05) is 30.8 Å². The average molecular weight is 308 g/mol. The molecule has 0 fully saturated rings. The smallest absolute Gasteiger partial charge is 0.251 e. The fourth-order valence-electron chi connectivity index (χ4n) is 2.91. The van der Waals surface area contributed by atoms with Crippen LogP contribution < -0.4 is 10.2 Å². The minimum atomic E-state index is -0.105. The predicted molar refractivity (Wildman–Crippen MR) is 90.6 cm³/mol. The molecule has 0 aromatic heterocycles. The summed E-state index contributed by atoms with van der Waals surface area (Å²) in [6, 6.07) is 15.4. The average Bonchev–Trinajstić information content (AvgIpc) is 2.56. The highest BCUT2D eigenvalue weighted by Gasteiger charge is 2.23. The van der Waals surface area contributed by atoms with Gasteiger partial charge in [-0.1, -0.05) is 35.9 Å². The minimum Gasteiger partial charge on any atom is -0.350 e. The normalized spacial score (nSPS) is 13.6. The van der Waals surface area contributed by atoms with Gasteiger partial charge in [-0.05, 0) is 37.1 Å². The number of nitrogens with one attached hydrogen (secondary N) is 1. The second kappa shape index (κ2) is 6.65. The number of anilines is 1. The molecule has 2 amide bonds. The number of fused-ring (bicyclic) bond motifs is 1. The van der Waals surface area contributed by atoms with Crippen LogP contribution in [0.3, 0.4) is 0 Å². The minimum absolute atomic E-state index is 0.105. The molecule has 0 aliphatic carbocycles. The number of rotatable bonds is 4. The maximum absolute atomic E-state index is 12.2. The number of hydrogen-bond donors (Lipinski definition) is 1. The second-order valence-corrected chi connectivity index (χ2v) is 5.80. The molecule has 0 saturated carbocycles. The van der Waals surface area contributed by atoms with Gasteiger partial charge in [0.25, 0.3) is 5.91 Å². The molecule has 1 aliphatic rings. The second-order valence-electron chi connectivity index (χ2n) is 5.80. The zero-order valence-corrected chi connectivity index (χ0v) is 13.2. The third kappa shape index (κ3) is 3.42. The first kappa shape index (κ1) is 15.3. The molecule has 0 saturated heterocycles. The number of carbonyl (C=O) groups excluding carboxylic acids is 2. The summed E-state index contributed by atoms with van der Waals surface area (Å²) < 4.78 is 0. The fourth-order valence-corrected chi connectivity index (χ4v) is 2.91. The topological polar surface area (TPSA) is 49.4 Å². The van der Waals surface area contributed by atoms with Crippen LogP contribution in [0.15, 0.2) is 48.5 Å². The molecule has 23 heavy (non-hydrogen) atoms.